The Kier molecular flexibility index (Phi) is 3.07. The predicted molar refractivity (Wildman–Crippen MR) is 58.5 cm³/mol. The Balaban J connectivity index is 1.98. The van der Waals surface area contributed by atoms with Crippen molar-refractivity contribution >= 4 is 0 Å². The van der Waals surface area contributed by atoms with Gasteiger partial charge in [-0.15, -0.1) is 0 Å². The van der Waals surface area contributed by atoms with E-state index in [1.165, 1.54) is 11.3 Å². The molecule has 1 aromatic rings. The maximum Gasteiger partial charge on any atom is 0.0639 e. The molecule has 0 aromatic carbocycles. The number of aryl methyl sites for hydroxylation is 2. The molecule has 2 N–H and O–H groups in total. The van der Waals surface area contributed by atoms with Crippen LogP contribution in [0.4, 0.5) is 0 Å². The molecule has 0 aliphatic carbocycles. The van der Waals surface area contributed by atoms with Crippen LogP contribution in [0.5, 0.6) is 0 Å². The lowest BCUT2D eigenvalue weighted by Crippen LogP contribution is -2.21. The maximum absolute atomic E-state index is 9.07. The summed E-state index contributed by atoms with van der Waals surface area (Å²) in [6.07, 6.45) is 1.12. The van der Waals surface area contributed by atoms with Crippen LogP contribution in [0.2, 0.25) is 0 Å². The normalized spacial score (nSPS) is 22.5. The molecule has 2 heterocycles. The van der Waals surface area contributed by atoms with Crippen LogP contribution in [0.1, 0.15) is 23.4 Å². The number of likely N-dealkylation sites (tertiary alicyclic amines) is 1. The Morgan fingerprint density at radius 2 is 2.33 bits per heavy atom. The molecule has 2 rings (SSSR count). The first-order valence-corrected chi connectivity index (χ1v) is 5.54. The van der Waals surface area contributed by atoms with Crippen LogP contribution in [0, 0.1) is 19.8 Å². The predicted octanol–water partition coefficient (Wildman–Crippen LogP) is 0.841. The van der Waals surface area contributed by atoms with E-state index in [0.717, 1.165) is 31.7 Å². The molecular weight excluding hydrogens is 190 g/mol. The fraction of sp³-hybridized carbons (Fsp3) is 0.727. The zero-order chi connectivity index (χ0) is 10.8. The van der Waals surface area contributed by atoms with E-state index in [1.54, 1.807) is 0 Å². The van der Waals surface area contributed by atoms with Gasteiger partial charge in [0.15, 0.2) is 0 Å². The summed E-state index contributed by atoms with van der Waals surface area (Å²) in [6.45, 7) is 7.49. The number of nitrogens with one attached hydrogen (secondary N) is 1. The van der Waals surface area contributed by atoms with Crippen molar-refractivity contribution < 1.29 is 5.11 Å². The van der Waals surface area contributed by atoms with Gasteiger partial charge in [-0.3, -0.25) is 10.00 Å². The number of aromatic nitrogens is 2. The van der Waals surface area contributed by atoms with Crippen molar-refractivity contribution in [2.45, 2.75) is 26.8 Å². The quantitative estimate of drug-likeness (QED) is 0.775. The van der Waals surface area contributed by atoms with E-state index in [2.05, 4.69) is 22.0 Å². The minimum atomic E-state index is 0.319. The van der Waals surface area contributed by atoms with Crippen LogP contribution in [-0.2, 0) is 6.54 Å². The van der Waals surface area contributed by atoms with Gasteiger partial charge in [0.2, 0.25) is 0 Å². The zero-order valence-corrected chi connectivity index (χ0v) is 9.45. The average Bonchev–Trinajstić information content (AvgIpc) is 2.80. The summed E-state index contributed by atoms with van der Waals surface area (Å²) in [6, 6.07) is 0. The van der Waals surface area contributed by atoms with E-state index >= 15 is 0 Å². The SMILES string of the molecule is Cc1n[nH]c(C)c1CN1CC[C@H](CO)C1. The number of aromatic amines is 1. The highest BCUT2D eigenvalue weighted by Crippen LogP contribution is 2.20. The van der Waals surface area contributed by atoms with E-state index in [1.807, 2.05) is 6.92 Å². The fourth-order valence-electron chi connectivity index (χ4n) is 2.24. The molecule has 1 aliphatic rings. The Hall–Kier alpha value is -0.870. The third-order valence-corrected chi connectivity index (χ3v) is 3.29. The molecule has 0 bridgehead atoms. The first-order valence-electron chi connectivity index (χ1n) is 5.54. The maximum atomic E-state index is 9.07. The lowest BCUT2D eigenvalue weighted by atomic mass is 10.1. The van der Waals surface area contributed by atoms with Gasteiger partial charge in [0.25, 0.3) is 0 Å². The second-order valence-electron chi connectivity index (χ2n) is 4.48. The number of H-pyrrole nitrogens is 1. The number of hydrogen-bond donors (Lipinski definition) is 2. The van der Waals surface area contributed by atoms with Crippen molar-refractivity contribution in [1.82, 2.24) is 15.1 Å². The Bertz CT molecular complexity index is 315. The molecule has 0 amide bonds. The molecule has 15 heavy (non-hydrogen) atoms. The highest BCUT2D eigenvalue weighted by Gasteiger charge is 2.22. The molecule has 84 valence electrons. The monoisotopic (exact) mass is 209 g/mol. The highest BCUT2D eigenvalue weighted by atomic mass is 16.3. The summed E-state index contributed by atoms with van der Waals surface area (Å²) >= 11 is 0. The minimum absolute atomic E-state index is 0.319. The van der Waals surface area contributed by atoms with E-state index in [0.29, 0.717) is 12.5 Å². The molecule has 1 fully saturated rings. The molecule has 1 aromatic heterocycles. The van der Waals surface area contributed by atoms with E-state index in [-0.39, 0.29) is 0 Å². The summed E-state index contributed by atoms with van der Waals surface area (Å²) in [7, 11) is 0. The molecule has 1 saturated heterocycles. The molecule has 0 saturated carbocycles. The molecule has 0 radical (unpaired) electrons. The number of nitrogens with zero attached hydrogens (tertiary/aromatic N) is 2. The summed E-state index contributed by atoms with van der Waals surface area (Å²) < 4.78 is 0. The summed E-state index contributed by atoms with van der Waals surface area (Å²) in [5.41, 5.74) is 3.58. The van der Waals surface area contributed by atoms with E-state index < -0.39 is 0 Å². The van der Waals surface area contributed by atoms with Gasteiger partial charge >= 0.3 is 0 Å². The van der Waals surface area contributed by atoms with Crippen LogP contribution >= 0.6 is 0 Å². The fourth-order valence-corrected chi connectivity index (χ4v) is 2.24. The van der Waals surface area contributed by atoms with Crippen molar-refractivity contribution in [3.8, 4) is 0 Å². The van der Waals surface area contributed by atoms with E-state index in [9.17, 15) is 0 Å². The van der Waals surface area contributed by atoms with Crippen molar-refractivity contribution in [3.63, 3.8) is 0 Å². The second kappa shape index (κ2) is 4.33. The van der Waals surface area contributed by atoms with Gasteiger partial charge in [-0.1, -0.05) is 0 Å². The summed E-state index contributed by atoms with van der Waals surface area (Å²) in [5, 5.41) is 16.3. The third-order valence-electron chi connectivity index (χ3n) is 3.29. The molecule has 4 nitrogen and oxygen atoms in total. The van der Waals surface area contributed by atoms with Crippen molar-refractivity contribution in [1.29, 1.82) is 0 Å². The Labute approximate surface area is 90.3 Å². The first-order chi connectivity index (χ1) is 7.20. The third kappa shape index (κ3) is 2.21. The van der Waals surface area contributed by atoms with Crippen molar-refractivity contribution in [2.24, 2.45) is 5.92 Å². The van der Waals surface area contributed by atoms with Gasteiger partial charge < -0.3 is 5.11 Å². The topological polar surface area (TPSA) is 52.2 Å². The van der Waals surface area contributed by atoms with Gasteiger partial charge in [0, 0.05) is 31.0 Å². The highest BCUT2D eigenvalue weighted by molar-refractivity contribution is 5.23. The van der Waals surface area contributed by atoms with Gasteiger partial charge in [-0.05, 0) is 32.7 Å². The number of hydrogen-bond acceptors (Lipinski definition) is 3. The van der Waals surface area contributed by atoms with Crippen molar-refractivity contribution in [3.05, 3.63) is 17.0 Å². The summed E-state index contributed by atoms with van der Waals surface area (Å²) in [5.74, 6) is 0.470. The number of aliphatic hydroxyl groups excluding tert-OH is 1. The van der Waals surface area contributed by atoms with Gasteiger partial charge in [-0.25, -0.2) is 0 Å². The first kappa shape index (κ1) is 10.6. The average molecular weight is 209 g/mol. The molecule has 4 heteroatoms. The molecule has 1 aliphatic heterocycles. The molecule has 0 unspecified atom stereocenters. The Morgan fingerprint density at radius 3 is 2.87 bits per heavy atom. The minimum Gasteiger partial charge on any atom is -0.396 e. The largest absolute Gasteiger partial charge is 0.396 e. The zero-order valence-electron chi connectivity index (χ0n) is 9.45. The number of aliphatic hydroxyl groups is 1. The molecule has 0 spiro atoms. The van der Waals surface area contributed by atoms with Crippen LogP contribution in [-0.4, -0.2) is 39.9 Å². The van der Waals surface area contributed by atoms with Crippen molar-refractivity contribution in [2.75, 3.05) is 19.7 Å². The van der Waals surface area contributed by atoms with Crippen LogP contribution in [0.15, 0.2) is 0 Å². The molecular formula is C11H19N3O. The summed E-state index contributed by atoms with van der Waals surface area (Å²) in [4.78, 5) is 2.39. The Morgan fingerprint density at radius 1 is 1.53 bits per heavy atom. The van der Waals surface area contributed by atoms with Gasteiger partial charge in [-0.2, -0.15) is 5.10 Å². The number of rotatable bonds is 3. The van der Waals surface area contributed by atoms with Gasteiger partial charge in [0.05, 0.1) is 5.69 Å². The van der Waals surface area contributed by atoms with Crippen LogP contribution in [0.25, 0.3) is 0 Å². The standard InChI is InChI=1S/C11H19N3O/c1-8-11(9(2)13-12-8)6-14-4-3-10(5-14)7-15/h10,15H,3-7H2,1-2H3,(H,12,13)/t10-/m0/s1. The van der Waals surface area contributed by atoms with Crippen LogP contribution in [0.3, 0.4) is 0 Å². The van der Waals surface area contributed by atoms with Crippen LogP contribution < -0.4 is 0 Å². The smallest absolute Gasteiger partial charge is 0.0639 e. The molecule has 1 atom stereocenters. The van der Waals surface area contributed by atoms with Gasteiger partial charge in [0.1, 0.15) is 0 Å². The lowest BCUT2D eigenvalue weighted by molar-refractivity contribution is 0.220. The van der Waals surface area contributed by atoms with E-state index in [4.69, 9.17) is 5.11 Å². The lowest BCUT2D eigenvalue weighted by Gasteiger charge is -2.15. The second-order valence-corrected chi connectivity index (χ2v) is 4.48.